The van der Waals surface area contributed by atoms with E-state index >= 15 is 0 Å². The number of carboxylic acids is 2. The zero-order valence-electron chi connectivity index (χ0n) is 16.0. The molecule has 0 bridgehead atoms. The topological polar surface area (TPSA) is 166 Å². The Kier molecular flexibility index (Phi) is 5.93. The van der Waals surface area contributed by atoms with E-state index in [1.807, 2.05) is 6.92 Å². The van der Waals surface area contributed by atoms with Gasteiger partial charge in [0.1, 0.15) is 11.4 Å². The maximum atomic E-state index is 11.7. The first-order valence-corrected chi connectivity index (χ1v) is 9.59. The third-order valence-corrected chi connectivity index (χ3v) is 5.05. The van der Waals surface area contributed by atoms with Crippen molar-refractivity contribution in [3.8, 4) is 0 Å². The first-order chi connectivity index (χ1) is 14.6. The first kappa shape index (κ1) is 21.8. The second kappa shape index (κ2) is 8.44. The van der Waals surface area contributed by atoms with Crippen molar-refractivity contribution in [1.29, 1.82) is 0 Å². The van der Waals surface area contributed by atoms with Gasteiger partial charge in [-0.3, -0.25) is 9.59 Å². The molecule has 0 atom stereocenters. The fourth-order valence-corrected chi connectivity index (χ4v) is 3.46. The molecular formula is C21H16BrN3O6. The number of anilines is 1. The van der Waals surface area contributed by atoms with E-state index in [4.69, 9.17) is 15.9 Å². The number of carbonyl (C=O) groups is 2. The van der Waals surface area contributed by atoms with E-state index < -0.39 is 11.9 Å². The number of nitrogens with one attached hydrogen (secondary N) is 2. The van der Waals surface area contributed by atoms with Gasteiger partial charge in [0.2, 0.25) is 0 Å². The number of hydrogen-bond acceptors (Lipinski definition) is 5. The van der Waals surface area contributed by atoms with Crippen LogP contribution < -0.4 is 16.6 Å². The lowest BCUT2D eigenvalue weighted by molar-refractivity contribution is 0.0680. The Labute approximate surface area is 182 Å². The minimum absolute atomic E-state index is 0.112. The van der Waals surface area contributed by atoms with Crippen LogP contribution >= 0.6 is 15.9 Å². The van der Waals surface area contributed by atoms with Crippen LogP contribution in [-0.2, 0) is 0 Å². The summed E-state index contributed by atoms with van der Waals surface area (Å²) in [6, 6.07) is 10.6. The summed E-state index contributed by atoms with van der Waals surface area (Å²) in [6.07, 6.45) is 0. The number of benzene rings is 2. The van der Waals surface area contributed by atoms with E-state index in [1.54, 1.807) is 30.3 Å². The van der Waals surface area contributed by atoms with Crippen LogP contribution in [0.2, 0.25) is 0 Å². The third-order valence-electron chi connectivity index (χ3n) is 4.39. The molecule has 4 aromatic rings. The minimum atomic E-state index is -1.18. The number of aromatic amines is 2. The normalized spacial score (nSPS) is 10.5. The van der Waals surface area contributed by atoms with E-state index in [2.05, 4.69) is 25.9 Å². The number of halogens is 1. The number of fused-ring (bicyclic) bond motifs is 2. The van der Waals surface area contributed by atoms with Crippen molar-refractivity contribution in [3.05, 3.63) is 84.3 Å². The molecule has 0 amide bonds. The predicted molar refractivity (Wildman–Crippen MR) is 120 cm³/mol. The summed E-state index contributed by atoms with van der Waals surface area (Å²) >= 11 is 3.25. The molecule has 2 heterocycles. The van der Waals surface area contributed by atoms with E-state index in [9.17, 15) is 19.2 Å². The minimum Gasteiger partial charge on any atom is -0.477 e. The van der Waals surface area contributed by atoms with Gasteiger partial charge in [0, 0.05) is 27.4 Å². The van der Waals surface area contributed by atoms with Crippen molar-refractivity contribution < 1.29 is 19.8 Å². The highest BCUT2D eigenvalue weighted by molar-refractivity contribution is 9.10. The molecule has 158 valence electrons. The number of H-pyrrole nitrogens is 2. The van der Waals surface area contributed by atoms with Crippen LogP contribution in [0.4, 0.5) is 5.69 Å². The van der Waals surface area contributed by atoms with Crippen molar-refractivity contribution in [2.24, 2.45) is 0 Å². The summed E-state index contributed by atoms with van der Waals surface area (Å²) in [4.78, 5) is 50.0. The Morgan fingerprint density at radius 2 is 1.42 bits per heavy atom. The molecule has 4 rings (SSSR count). The highest BCUT2D eigenvalue weighted by Crippen LogP contribution is 2.20. The van der Waals surface area contributed by atoms with E-state index in [0.717, 1.165) is 17.7 Å². The predicted octanol–water partition coefficient (Wildman–Crippen LogP) is 3.11. The molecule has 0 aliphatic rings. The molecule has 9 nitrogen and oxygen atoms in total. The van der Waals surface area contributed by atoms with Crippen LogP contribution in [-0.4, -0.2) is 32.1 Å². The highest BCUT2D eigenvalue weighted by Gasteiger charge is 2.10. The SMILES string of the molecule is Cc1cc(N)c2[nH]c(C(=O)O)cc(=O)c2c1.O=C(O)c1cc(=O)c2cccc(Br)c2[nH]1. The Bertz CT molecular complexity index is 1470. The van der Waals surface area contributed by atoms with Crippen molar-refractivity contribution in [3.63, 3.8) is 0 Å². The van der Waals surface area contributed by atoms with E-state index in [-0.39, 0.29) is 22.2 Å². The summed E-state index contributed by atoms with van der Waals surface area (Å²) < 4.78 is 0.667. The van der Waals surface area contributed by atoms with Gasteiger partial charge in [0.25, 0.3) is 0 Å². The Hall–Kier alpha value is -3.92. The standard InChI is InChI=1S/C11H10N2O3.C10H6BrNO3/c1-5-2-6-9(14)4-8(11(15)16)13-10(6)7(12)3-5;11-6-3-1-2-5-8(13)4-7(10(14)15)12-9(5)6/h2-4H,12H2,1H3,(H,13,14)(H,15,16);1-4H,(H,12,13)(H,14,15). The smallest absolute Gasteiger partial charge is 0.352 e. The number of hydrogen-bond donors (Lipinski definition) is 5. The number of para-hydroxylation sites is 1. The quantitative estimate of drug-likeness (QED) is 0.272. The number of nitrogens with two attached hydrogens (primary N) is 1. The highest BCUT2D eigenvalue weighted by atomic mass is 79.9. The lowest BCUT2D eigenvalue weighted by Gasteiger charge is -2.05. The molecule has 2 aromatic heterocycles. The Morgan fingerprint density at radius 1 is 0.871 bits per heavy atom. The maximum Gasteiger partial charge on any atom is 0.352 e. The van der Waals surface area contributed by atoms with E-state index in [0.29, 0.717) is 32.0 Å². The summed E-state index contributed by atoms with van der Waals surface area (Å²) in [5, 5.41) is 18.4. The third kappa shape index (κ3) is 4.48. The molecule has 31 heavy (non-hydrogen) atoms. The average molecular weight is 486 g/mol. The molecule has 0 aliphatic heterocycles. The van der Waals surface area contributed by atoms with Gasteiger partial charge in [-0.1, -0.05) is 6.07 Å². The molecule has 10 heteroatoms. The zero-order valence-corrected chi connectivity index (χ0v) is 17.6. The molecule has 0 radical (unpaired) electrons. The van der Waals surface area contributed by atoms with E-state index in [1.165, 1.54) is 0 Å². The Balaban J connectivity index is 0.000000176. The number of pyridine rings is 2. The summed E-state index contributed by atoms with van der Waals surface area (Å²) in [5.74, 6) is -2.33. The van der Waals surface area contributed by atoms with Gasteiger partial charge in [0.15, 0.2) is 10.9 Å². The van der Waals surface area contributed by atoms with Crippen molar-refractivity contribution in [1.82, 2.24) is 9.97 Å². The van der Waals surface area contributed by atoms with Crippen LogP contribution in [0.1, 0.15) is 26.5 Å². The van der Waals surface area contributed by atoms with Crippen LogP contribution in [0.5, 0.6) is 0 Å². The molecule has 0 unspecified atom stereocenters. The van der Waals surface area contributed by atoms with Crippen LogP contribution in [0.15, 0.2) is 56.5 Å². The second-order valence-corrected chi connectivity index (χ2v) is 7.50. The van der Waals surface area contributed by atoms with Gasteiger partial charge in [-0.25, -0.2) is 9.59 Å². The average Bonchev–Trinajstić information content (AvgIpc) is 2.69. The van der Waals surface area contributed by atoms with Crippen LogP contribution in [0.3, 0.4) is 0 Å². The van der Waals surface area contributed by atoms with Crippen molar-refractivity contribution >= 4 is 55.4 Å². The Morgan fingerprint density at radius 3 is 2.00 bits per heavy atom. The fraction of sp³-hybridized carbons (Fsp3) is 0.0476. The molecule has 6 N–H and O–H groups in total. The summed E-state index contributed by atoms with van der Waals surface area (Å²) in [6.45, 7) is 1.82. The van der Waals surface area contributed by atoms with Gasteiger partial charge >= 0.3 is 11.9 Å². The number of nitrogen functional groups attached to an aromatic ring is 1. The van der Waals surface area contributed by atoms with Crippen molar-refractivity contribution in [2.45, 2.75) is 6.92 Å². The monoisotopic (exact) mass is 485 g/mol. The lowest BCUT2D eigenvalue weighted by atomic mass is 10.1. The maximum absolute atomic E-state index is 11.7. The number of aryl methyl sites for hydroxylation is 1. The van der Waals surface area contributed by atoms with Gasteiger partial charge in [-0.2, -0.15) is 0 Å². The number of aromatic carboxylic acids is 2. The molecule has 0 saturated carbocycles. The number of rotatable bonds is 2. The van der Waals surface area contributed by atoms with Crippen molar-refractivity contribution in [2.75, 3.05) is 5.73 Å². The van der Waals surface area contributed by atoms with Gasteiger partial charge in [0.05, 0.1) is 16.7 Å². The molecule has 0 saturated heterocycles. The van der Waals surface area contributed by atoms with Crippen LogP contribution in [0.25, 0.3) is 21.8 Å². The summed E-state index contributed by atoms with van der Waals surface area (Å²) in [5.41, 5.74) is 6.92. The molecule has 0 fully saturated rings. The molecular weight excluding hydrogens is 470 g/mol. The number of aromatic nitrogens is 2. The van der Waals surface area contributed by atoms with Gasteiger partial charge < -0.3 is 25.9 Å². The van der Waals surface area contributed by atoms with Gasteiger partial charge in [-0.15, -0.1) is 0 Å². The van der Waals surface area contributed by atoms with Gasteiger partial charge in [-0.05, 0) is 52.7 Å². The molecule has 0 aliphatic carbocycles. The summed E-state index contributed by atoms with van der Waals surface area (Å²) in [7, 11) is 0. The first-order valence-electron chi connectivity index (χ1n) is 8.79. The lowest BCUT2D eigenvalue weighted by Crippen LogP contribution is -2.10. The van der Waals surface area contributed by atoms with Crippen LogP contribution in [0, 0.1) is 6.92 Å². The largest absolute Gasteiger partial charge is 0.477 e. The number of carboxylic acid groups (broad SMARTS) is 2. The second-order valence-electron chi connectivity index (χ2n) is 6.64. The molecule has 0 spiro atoms. The fourth-order valence-electron chi connectivity index (χ4n) is 2.99. The molecule has 2 aromatic carbocycles. The zero-order chi connectivity index (χ0) is 22.9.